The highest BCUT2D eigenvalue weighted by Crippen LogP contribution is 2.11. The average molecular weight is 421 g/mol. The molecule has 1 unspecified atom stereocenters. The van der Waals surface area contributed by atoms with Crippen LogP contribution in [-0.4, -0.2) is 76.8 Å². The topological polar surface area (TPSA) is 189 Å². The summed E-state index contributed by atoms with van der Waals surface area (Å²) in [5, 5.41) is 37.9. The zero-order chi connectivity index (χ0) is 22.1. The molecule has 0 spiro atoms. The first kappa shape index (κ1) is 22.8. The predicted octanol–water partition coefficient (Wildman–Crippen LogP) is -1.99. The van der Waals surface area contributed by atoms with Crippen LogP contribution in [-0.2, 0) is 25.6 Å². The minimum absolute atomic E-state index is 0.00555. The molecule has 12 heteroatoms. The maximum Gasteiger partial charge on any atom is 0.326 e. The number of nitrogens with zero attached hydrogens (tertiary/aromatic N) is 1. The van der Waals surface area contributed by atoms with Crippen LogP contribution in [0, 0.1) is 0 Å². The number of aromatic hydroxyl groups is 1. The molecule has 7 N–H and O–H groups in total. The first-order chi connectivity index (χ1) is 14.2. The lowest BCUT2D eigenvalue weighted by atomic mass is 10.0. The van der Waals surface area contributed by atoms with Crippen molar-refractivity contribution in [3.05, 3.63) is 29.8 Å². The monoisotopic (exact) mass is 421 g/mol. The van der Waals surface area contributed by atoms with Crippen LogP contribution in [0.25, 0.3) is 0 Å². The second kappa shape index (κ2) is 10.9. The summed E-state index contributed by atoms with van der Waals surface area (Å²) in [4.78, 5) is 51.2. The number of rotatable bonds is 11. The van der Waals surface area contributed by atoms with E-state index < -0.39 is 48.5 Å². The first-order valence-electron chi connectivity index (χ1n) is 9.05. The van der Waals surface area contributed by atoms with Crippen molar-refractivity contribution in [2.24, 2.45) is 4.99 Å². The number of benzene rings is 1. The Morgan fingerprint density at radius 3 is 2.37 bits per heavy atom. The van der Waals surface area contributed by atoms with E-state index in [4.69, 9.17) is 5.11 Å². The van der Waals surface area contributed by atoms with E-state index in [2.05, 4.69) is 26.3 Å². The van der Waals surface area contributed by atoms with Gasteiger partial charge >= 0.3 is 11.9 Å². The van der Waals surface area contributed by atoms with Crippen molar-refractivity contribution in [2.45, 2.75) is 31.2 Å². The molecule has 0 saturated heterocycles. The minimum Gasteiger partial charge on any atom is -0.508 e. The third kappa shape index (κ3) is 7.48. The quantitative estimate of drug-likeness (QED) is 0.212. The molecule has 2 amide bonds. The molecule has 12 nitrogen and oxygen atoms in total. The predicted molar refractivity (Wildman–Crippen MR) is 104 cm³/mol. The normalized spacial score (nSPS) is 17.1. The van der Waals surface area contributed by atoms with Crippen LogP contribution in [0.3, 0.4) is 0 Å². The Bertz CT molecular complexity index is 812. The molecule has 0 aromatic heterocycles. The summed E-state index contributed by atoms with van der Waals surface area (Å²) >= 11 is 0. The molecule has 0 radical (unpaired) electrons. The summed E-state index contributed by atoms with van der Waals surface area (Å²) in [6, 6.07) is 2.93. The van der Waals surface area contributed by atoms with Gasteiger partial charge in [0.1, 0.15) is 17.8 Å². The second-order valence-corrected chi connectivity index (χ2v) is 6.51. The van der Waals surface area contributed by atoms with E-state index in [9.17, 15) is 29.4 Å². The van der Waals surface area contributed by atoms with E-state index in [1.807, 2.05) is 0 Å². The molecule has 1 aromatic rings. The Labute approximate surface area is 171 Å². The molecule has 0 fully saturated rings. The second-order valence-electron chi connectivity index (χ2n) is 6.51. The molecule has 0 saturated carbocycles. The van der Waals surface area contributed by atoms with Crippen LogP contribution in [0.15, 0.2) is 29.3 Å². The van der Waals surface area contributed by atoms with Crippen LogP contribution in [0.2, 0.25) is 0 Å². The molecule has 1 heterocycles. The van der Waals surface area contributed by atoms with Gasteiger partial charge in [-0.2, -0.15) is 0 Å². The van der Waals surface area contributed by atoms with Crippen LogP contribution in [0.4, 0.5) is 0 Å². The Kier molecular flexibility index (Phi) is 8.26. The number of phenols is 1. The van der Waals surface area contributed by atoms with Crippen LogP contribution < -0.4 is 21.3 Å². The third-order valence-electron chi connectivity index (χ3n) is 4.13. The van der Waals surface area contributed by atoms with Crippen LogP contribution in [0.1, 0.15) is 12.0 Å². The SMILES string of the molecule is O=C(O)C[C@H](NC(=O)CNC1N=CCN1)C(=O)N[C@H](Cc1ccc(O)cc1)C(=O)O. The summed E-state index contributed by atoms with van der Waals surface area (Å²) in [6.45, 7) is 0.315. The number of carboxylic acid groups (broad SMARTS) is 2. The molecule has 0 bridgehead atoms. The van der Waals surface area contributed by atoms with Gasteiger partial charge in [0.05, 0.1) is 13.0 Å². The number of phenolic OH excluding ortho intramolecular Hbond substituents is 1. The number of aliphatic carboxylic acids is 2. The van der Waals surface area contributed by atoms with Gasteiger partial charge in [-0.05, 0) is 17.7 Å². The van der Waals surface area contributed by atoms with Crippen molar-refractivity contribution >= 4 is 30.0 Å². The fourth-order valence-electron chi connectivity index (χ4n) is 2.66. The summed E-state index contributed by atoms with van der Waals surface area (Å²) < 4.78 is 0. The van der Waals surface area contributed by atoms with Crippen LogP contribution in [0.5, 0.6) is 5.75 Å². The molecule has 162 valence electrons. The minimum atomic E-state index is -1.46. The van der Waals surface area contributed by atoms with E-state index >= 15 is 0 Å². The van der Waals surface area contributed by atoms with Crippen LogP contribution >= 0.6 is 0 Å². The van der Waals surface area contributed by atoms with Crippen molar-refractivity contribution in [1.82, 2.24) is 21.3 Å². The Morgan fingerprint density at radius 1 is 1.10 bits per heavy atom. The van der Waals surface area contributed by atoms with E-state index in [-0.39, 0.29) is 18.7 Å². The fraction of sp³-hybridized carbons (Fsp3) is 0.389. The summed E-state index contributed by atoms with van der Waals surface area (Å²) in [6.07, 6.45) is 0.352. The average Bonchev–Trinajstić information content (AvgIpc) is 3.20. The number of aliphatic imine (C=N–C) groups is 1. The maximum absolute atomic E-state index is 12.5. The lowest BCUT2D eigenvalue weighted by Gasteiger charge is -2.21. The molecular formula is C18H23N5O7. The fourth-order valence-corrected chi connectivity index (χ4v) is 2.66. The third-order valence-corrected chi connectivity index (χ3v) is 4.13. The molecule has 0 aliphatic carbocycles. The standard InChI is InChI=1S/C18H23N5O7/c24-11-3-1-10(2-4-11)7-13(17(29)30)23-16(28)12(8-15(26)27)22-14(25)9-21-18-19-5-6-20-18/h1-5,12-13,18,20-21,24H,6-9H2,(H,22,25)(H,23,28)(H,26,27)(H,29,30)/t12-,13+,18?/m0/s1. The largest absolute Gasteiger partial charge is 0.508 e. The lowest BCUT2D eigenvalue weighted by Crippen LogP contribution is -2.54. The highest BCUT2D eigenvalue weighted by Gasteiger charge is 2.28. The van der Waals surface area contributed by atoms with Crippen molar-refractivity contribution in [2.75, 3.05) is 13.1 Å². The number of hydrogen-bond donors (Lipinski definition) is 7. The number of hydrogen-bond acceptors (Lipinski definition) is 8. The van der Waals surface area contributed by atoms with Crippen molar-refractivity contribution < 1.29 is 34.5 Å². The van der Waals surface area contributed by atoms with Gasteiger partial charge in [-0.1, -0.05) is 12.1 Å². The highest BCUT2D eigenvalue weighted by atomic mass is 16.4. The molecular weight excluding hydrogens is 398 g/mol. The maximum atomic E-state index is 12.5. The van der Waals surface area contributed by atoms with Gasteiger partial charge in [0.15, 0.2) is 6.29 Å². The molecule has 30 heavy (non-hydrogen) atoms. The van der Waals surface area contributed by atoms with Gasteiger partial charge in [-0.3, -0.25) is 30.0 Å². The summed E-state index contributed by atoms with van der Waals surface area (Å²) in [5.41, 5.74) is 0.535. The Balaban J connectivity index is 1.97. The number of carbonyl (C=O) groups is 4. The number of amides is 2. The lowest BCUT2D eigenvalue weighted by molar-refractivity contribution is -0.143. The molecule has 2 rings (SSSR count). The Morgan fingerprint density at radius 2 is 1.80 bits per heavy atom. The molecule has 1 aromatic carbocycles. The van der Waals surface area contributed by atoms with Gasteiger partial charge < -0.3 is 26.0 Å². The summed E-state index contributed by atoms with van der Waals surface area (Å²) in [5.74, 6) is -4.25. The van der Waals surface area contributed by atoms with Crippen molar-refractivity contribution in [1.29, 1.82) is 0 Å². The number of nitrogens with one attached hydrogen (secondary N) is 4. The number of carbonyl (C=O) groups excluding carboxylic acids is 2. The summed E-state index contributed by atoms with van der Waals surface area (Å²) in [7, 11) is 0. The van der Waals surface area contributed by atoms with Gasteiger partial charge in [0, 0.05) is 19.2 Å². The molecule has 3 atom stereocenters. The molecule has 1 aliphatic heterocycles. The van der Waals surface area contributed by atoms with E-state index in [1.54, 1.807) is 6.21 Å². The van der Waals surface area contributed by atoms with Gasteiger partial charge in [-0.25, -0.2) is 4.79 Å². The van der Waals surface area contributed by atoms with E-state index in [1.165, 1.54) is 24.3 Å². The molecule has 1 aliphatic rings. The van der Waals surface area contributed by atoms with Gasteiger partial charge in [-0.15, -0.1) is 0 Å². The first-order valence-corrected chi connectivity index (χ1v) is 9.05. The number of carboxylic acids is 2. The van der Waals surface area contributed by atoms with Gasteiger partial charge in [0.25, 0.3) is 0 Å². The van der Waals surface area contributed by atoms with Crippen molar-refractivity contribution in [3.63, 3.8) is 0 Å². The zero-order valence-electron chi connectivity index (χ0n) is 15.9. The highest BCUT2D eigenvalue weighted by molar-refractivity contribution is 5.93. The smallest absolute Gasteiger partial charge is 0.326 e. The van der Waals surface area contributed by atoms with E-state index in [0.717, 1.165) is 0 Å². The van der Waals surface area contributed by atoms with Gasteiger partial charge in [0.2, 0.25) is 11.8 Å². The Hall–Kier alpha value is -3.51. The van der Waals surface area contributed by atoms with Crippen molar-refractivity contribution in [3.8, 4) is 5.75 Å². The van der Waals surface area contributed by atoms with E-state index in [0.29, 0.717) is 12.1 Å². The zero-order valence-corrected chi connectivity index (χ0v) is 15.9.